The van der Waals surface area contributed by atoms with E-state index in [1.54, 1.807) is 18.2 Å². The van der Waals surface area contributed by atoms with Crippen LogP contribution in [0.5, 0.6) is 5.75 Å². The third-order valence-corrected chi connectivity index (χ3v) is 3.38. The quantitative estimate of drug-likeness (QED) is 0.679. The molecule has 0 saturated carbocycles. The van der Waals surface area contributed by atoms with Gasteiger partial charge in [-0.3, -0.25) is 0 Å². The van der Waals surface area contributed by atoms with E-state index in [0.717, 1.165) is 12.8 Å². The predicted molar refractivity (Wildman–Crippen MR) is 75.9 cm³/mol. The lowest BCUT2D eigenvalue weighted by atomic mass is 10.0. The smallest absolute Gasteiger partial charge is 0.337 e. The second-order valence-corrected chi connectivity index (χ2v) is 5.21. The van der Waals surface area contributed by atoms with Crippen molar-refractivity contribution < 1.29 is 19.0 Å². The number of hydrogen-bond donors (Lipinski definition) is 1. The molecule has 2 atom stereocenters. The van der Waals surface area contributed by atoms with Gasteiger partial charge in [-0.2, -0.15) is 0 Å². The molecule has 1 aromatic rings. The van der Waals surface area contributed by atoms with Crippen LogP contribution < -0.4 is 10.5 Å². The molecule has 0 amide bonds. The number of methoxy groups -OCH3 is 1. The Labute approximate surface area is 119 Å². The Balaban J connectivity index is 2.08. The predicted octanol–water partition coefficient (Wildman–Crippen LogP) is 2.39. The molecule has 1 aliphatic heterocycles. The minimum Gasteiger partial charge on any atom is -0.488 e. The summed E-state index contributed by atoms with van der Waals surface area (Å²) in [6.07, 6.45) is 2.11. The maximum Gasteiger partial charge on any atom is 0.337 e. The van der Waals surface area contributed by atoms with Gasteiger partial charge in [0.25, 0.3) is 0 Å². The first-order valence-electron chi connectivity index (χ1n) is 6.79. The average Bonchev–Trinajstić information content (AvgIpc) is 2.39. The van der Waals surface area contributed by atoms with E-state index in [1.165, 1.54) is 7.11 Å². The standard InChI is InChI=1S/C15H21NO4/c1-9-6-12(7-10(2)19-9)20-14-5-4-11(8-13(14)16)15(17)18-3/h4-5,8-10,12H,6-7,16H2,1-3H3. The van der Waals surface area contributed by atoms with Crippen molar-refractivity contribution in [1.29, 1.82) is 0 Å². The number of ether oxygens (including phenoxy) is 3. The summed E-state index contributed by atoms with van der Waals surface area (Å²) in [6, 6.07) is 4.95. The number of nitrogen functional groups attached to an aromatic ring is 1. The van der Waals surface area contributed by atoms with Crippen LogP contribution in [0.4, 0.5) is 5.69 Å². The normalized spacial score (nSPS) is 26.1. The Bertz CT molecular complexity index is 479. The molecular weight excluding hydrogens is 258 g/mol. The summed E-state index contributed by atoms with van der Waals surface area (Å²) in [4.78, 5) is 11.4. The van der Waals surface area contributed by atoms with Crippen molar-refractivity contribution >= 4 is 11.7 Å². The Hall–Kier alpha value is -1.75. The van der Waals surface area contributed by atoms with Crippen LogP contribution in [0, 0.1) is 0 Å². The molecule has 1 fully saturated rings. The second-order valence-electron chi connectivity index (χ2n) is 5.21. The zero-order valence-electron chi connectivity index (χ0n) is 12.1. The van der Waals surface area contributed by atoms with E-state index in [1.807, 2.05) is 13.8 Å². The maximum atomic E-state index is 11.4. The van der Waals surface area contributed by atoms with E-state index in [-0.39, 0.29) is 18.3 Å². The van der Waals surface area contributed by atoms with Gasteiger partial charge in [0.2, 0.25) is 0 Å². The summed E-state index contributed by atoms with van der Waals surface area (Å²) in [6.45, 7) is 4.07. The minimum atomic E-state index is -0.406. The molecule has 0 aliphatic carbocycles. The number of hydrogen-bond acceptors (Lipinski definition) is 5. The van der Waals surface area contributed by atoms with E-state index in [9.17, 15) is 4.79 Å². The molecule has 0 bridgehead atoms. The van der Waals surface area contributed by atoms with Crippen LogP contribution in [-0.2, 0) is 9.47 Å². The topological polar surface area (TPSA) is 70.8 Å². The highest BCUT2D eigenvalue weighted by molar-refractivity contribution is 5.90. The Kier molecular flexibility index (Phi) is 4.49. The van der Waals surface area contributed by atoms with E-state index in [2.05, 4.69) is 4.74 Å². The molecule has 5 heteroatoms. The van der Waals surface area contributed by atoms with Gasteiger partial charge in [-0.15, -0.1) is 0 Å². The van der Waals surface area contributed by atoms with E-state index >= 15 is 0 Å². The second kappa shape index (κ2) is 6.13. The lowest BCUT2D eigenvalue weighted by Gasteiger charge is -2.32. The number of carbonyl (C=O) groups is 1. The summed E-state index contributed by atoms with van der Waals surface area (Å²) in [5.74, 6) is 0.195. The van der Waals surface area contributed by atoms with E-state index in [0.29, 0.717) is 17.0 Å². The summed E-state index contributed by atoms with van der Waals surface area (Å²) in [5, 5.41) is 0. The lowest BCUT2D eigenvalue weighted by Crippen LogP contribution is -2.35. The fourth-order valence-corrected chi connectivity index (χ4v) is 2.52. The van der Waals surface area contributed by atoms with E-state index < -0.39 is 5.97 Å². The van der Waals surface area contributed by atoms with Crippen molar-refractivity contribution in [3.8, 4) is 5.75 Å². The number of nitrogens with two attached hydrogens (primary N) is 1. The molecule has 5 nitrogen and oxygen atoms in total. The summed E-state index contributed by atoms with van der Waals surface area (Å²) in [5.41, 5.74) is 6.80. The first-order chi connectivity index (χ1) is 9.49. The molecule has 1 aromatic carbocycles. The average molecular weight is 279 g/mol. The SMILES string of the molecule is COC(=O)c1ccc(OC2CC(C)OC(C)C2)c(N)c1. The van der Waals surface area contributed by atoms with Crippen molar-refractivity contribution in [2.45, 2.75) is 45.0 Å². The molecule has 20 heavy (non-hydrogen) atoms. The van der Waals surface area contributed by atoms with Crippen molar-refractivity contribution in [2.75, 3.05) is 12.8 Å². The maximum absolute atomic E-state index is 11.4. The number of anilines is 1. The van der Waals surface area contributed by atoms with Crippen LogP contribution in [0.3, 0.4) is 0 Å². The highest BCUT2D eigenvalue weighted by Crippen LogP contribution is 2.28. The summed E-state index contributed by atoms with van der Waals surface area (Å²) < 4.78 is 16.3. The van der Waals surface area contributed by atoms with Gasteiger partial charge in [-0.05, 0) is 32.0 Å². The van der Waals surface area contributed by atoms with Crippen LogP contribution in [0.15, 0.2) is 18.2 Å². The fourth-order valence-electron chi connectivity index (χ4n) is 2.52. The van der Waals surface area contributed by atoms with Gasteiger partial charge >= 0.3 is 5.97 Å². The third kappa shape index (κ3) is 3.42. The zero-order valence-corrected chi connectivity index (χ0v) is 12.1. The zero-order chi connectivity index (χ0) is 14.7. The van der Waals surface area contributed by atoms with Crippen LogP contribution in [0.2, 0.25) is 0 Å². The molecule has 1 heterocycles. The van der Waals surface area contributed by atoms with Crippen molar-refractivity contribution in [3.05, 3.63) is 23.8 Å². The van der Waals surface area contributed by atoms with Crippen LogP contribution in [0.1, 0.15) is 37.0 Å². The van der Waals surface area contributed by atoms with Gasteiger partial charge < -0.3 is 19.9 Å². The van der Waals surface area contributed by atoms with Gasteiger partial charge in [-0.1, -0.05) is 0 Å². The summed E-state index contributed by atoms with van der Waals surface area (Å²) >= 11 is 0. The van der Waals surface area contributed by atoms with Crippen LogP contribution in [0.25, 0.3) is 0 Å². The monoisotopic (exact) mass is 279 g/mol. The Morgan fingerprint density at radius 1 is 1.30 bits per heavy atom. The van der Waals surface area contributed by atoms with Crippen LogP contribution >= 0.6 is 0 Å². The molecule has 0 spiro atoms. The number of rotatable bonds is 3. The van der Waals surface area contributed by atoms with Crippen LogP contribution in [-0.4, -0.2) is 31.4 Å². The van der Waals surface area contributed by atoms with Gasteiger partial charge in [0.1, 0.15) is 11.9 Å². The number of benzene rings is 1. The van der Waals surface area contributed by atoms with E-state index in [4.69, 9.17) is 15.2 Å². The molecule has 110 valence electrons. The van der Waals surface area contributed by atoms with Gasteiger partial charge in [0.15, 0.2) is 0 Å². The van der Waals surface area contributed by atoms with Crippen molar-refractivity contribution in [3.63, 3.8) is 0 Å². The molecule has 0 aromatic heterocycles. The van der Waals surface area contributed by atoms with Crippen molar-refractivity contribution in [1.82, 2.24) is 0 Å². The molecule has 1 aliphatic rings. The molecule has 2 unspecified atom stereocenters. The van der Waals surface area contributed by atoms with Gasteiger partial charge in [0, 0.05) is 12.8 Å². The highest BCUT2D eigenvalue weighted by Gasteiger charge is 2.26. The first kappa shape index (κ1) is 14.7. The molecular formula is C15H21NO4. The third-order valence-electron chi connectivity index (χ3n) is 3.38. The minimum absolute atomic E-state index is 0.0834. The summed E-state index contributed by atoms with van der Waals surface area (Å²) in [7, 11) is 1.34. The molecule has 2 rings (SSSR count). The number of esters is 1. The fraction of sp³-hybridized carbons (Fsp3) is 0.533. The largest absolute Gasteiger partial charge is 0.488 e. The lowest BCUT2D eigenvalue weighted by molar-refractivity contribution is -0.0720. The molecule has 1 saturated heterocycles. The first-order valence-corrected chi connectivity index (χ1v) is 6.79. The number of carbonyl (C=O) groups excluding carboxylic acids is 1. The molecule has 2 N–H and O–H groups in total. The Morgan fingerprint density at radius 3 is 2.50 bits per heavy atom. The highest BCUT2D eigenvalue weighted by atomic mass is 16.5. The molecule has 0 radical (unpaired) electrons. The van der Waals surface area contributed by atoms with Gasteiger partial charge in [0.05, 0.1) is 30.6 Å². The van der Waals surface area contributed by atoms with Gasteiger partial charge in [-0.25, -0.2) is 4.79 Å². The Morgan fingerprint density at radius 2 is 1.95 bits per heavy atom. The van der Waals surface area contributed by atoms with Crippen molar-refractivity contribution in [2.24, 2.45) is 0 Å².